The van der Waals surface area contributed by atoms with E-state index in [1.807, 2.05) is 18.2 Å². The molecular weight excluding hydrogens is 450 g/mol. The van der Waals surface area contributed by atoms with Crippen LogP contribution in [0.2, 0.25) is 0 Å². The molecule has 0 bridgehead atoms. The molecule has 182 valence electrons. The van der Waals surface area contributed by atoms with E-state index in [0.717, 1.165) is 17.5 Å². The first-order valence-corrected chi connectivity index (χ1v) is 11.3. The first kappa shape index (κ1) is 24.0. The molecule has 1 aliphatic rings. The molecule has 4 N–H and O–H groups in total. The number of nitrogens with zero attached hydrogens (tertiary/aromatic N) is 2. The van der Waals surface area contributed by atoms with Crippen molar-refractivity contribution in [1.82, 2.24) is 15.3 Å². The van der Waals surface area contributed by atoms with E-state index >= 15 is 0 Å². The third-order valence-corrected chi connectivity index (χ3v) is 5.58. The standard InChI is InChI=1S/C25H27N5O5/c1-3-35-24(33)20-13-27-25(28-17-6-9-19-16(12-17)10-11-26-23(19)32)30-22(20)29-21(14-31)15-4-7-18(34-2)8-5-15/h4-9,12-13,21,31H,3,10-11,14H2,1-2H3,(H,26,32)(H2,27,28,29,30)/t21-/m1/s1. The van der Waals surface area contributed by atoms with Crippen molar-refractivity contribution in [2.24, 2.45) is 0 Å². The topological polar surface area (TPSA) is 135 Å². The van der Waals surface area contributed by atoms with Crippen molar-refractivity contribution in [2.45, 2.75) is 19.4 Å². The lowest BCUT2D eigenvalue weighted by Crippen LogP contribution is -2.31. The van der Waals surface area contributed by atoms with E-state index in [9.17, 15) is 14.7 Å². The van der Waals surface area contributed by atoms with Gasteiger partial charge in [0.15, 0.2) is 0 Å². The smallest absolute Gasteiger partial charge is 0.343 e. The zero-order valence-corrected chi connectivity index (χ0v) is 19.5. The number of rotatable bonds is 9. The van der Waals surface area contributed by atoms with E-state index in [1.54, 1.807) is 38.3 Å². The van der Waals surface area contributed by atoms with Gasteiger partial charge in [-0.25, -0.2) is 9.78 Å². The van der Waals surface area contributed by atoms with Crippen LogP contribution in [-0.2, 0) is 11.2 Å². The Bertz CT molecular complexity index is 1220. The summed E-state index contributed by atoms with van der Waals surface area (Å²) in [6, 6.07) is 12.1. The van der Waals surface area contributed by atoms with Crippen LogP contribution in [0.15, 0.2) is 48.7 Å². The Kier molecular flexibility index (Phi) is 7.41. The molecule has 3 aromatic rings. The number of aliphatic hydroxyl groups is 1. The van der Waals surface area contributed by atoms with Crippen molar-refractivity contribution in [3.05, 3.63) is 70.9 Å². The first-order chi connectivity index (χ1) is 17.0. The minimum atomic E-state index is -0.576. The predicted molar refractivity (Wildman–Crippen MR) is 130 cm³/mol. The monoisotopic (exact) mass is 477 g/mol. The predicted octanol–water partition coefficient (Wildman–Crippen LogP) is 2.84. The van der Waals surface area contributed by atoms with E-state index in [2.05, 4.69) is 25.9 Å². The van der Waals surface area contributed by atoms with Gasteiger partial charge in [0.05, 0.1) is 26.4 Å². The number of nitrogens with one attached hydrogen (secondary N) is 3. The molecule has 2 heterocycles. The number of carbonyl (C=O) groups is 2. The van der Waals surface area contributed by atoms with Crippen LogP contribution in [0.25, 0.3) is 0 Å². The number of anilines is 3. The molecule has 0 saturated carbocycles. The number of ether oxygens (including phenoxy) is 2. The van der Waals surface area contributed by atoms with Gasteiger partial charge in [-0.2, -0.15) is 4.98 Å². The lowest BCUT2D eigenvalue weighted by Gasteiger charge is -2.20. The molecule has 1 aliphatic heterocycles. The molecule has 2 aromatic carbocycles. The summed E-state index contributed by atoms with van der Waals surface area (Å²) in [4.78, 5) is 33.3. The van der Waals surface area contributed by atoms with Crippen molar-refractivity contribution < 1.29 is 24.2 Å². The average molecular weight is 478 g/mol. The third-order valence-electron chi connectivity index (χ3n) is 5.58. The van der Waals surface area contributed by atoms with Crippen molar-refractivity contribution in [3.63, 3.8) is 0 Å². The molecule has 0 spiro atoms. The highest BCUT2D eigenvalue weighted by Crippen LogP contribution is 2.26. The van der Waals surface area contributed by atoms with Crippen molar-refractivity contribution >= 4 is 29.3 Å². The van der Waals surface area contributed by atoms with Crippen LogP contribution in [0.5, 0.6) is 5.75 Å². The van der Waals surface area contributed by atoms with Gasteiger partial charge < -0.3 is 30.5 Å². The highest BCUT2D eigenvalue weighted by molar-refractivity contribution is 5.97. The van der Waals surface area contributed by atoms with E-state index in [4.69, 9.17) is 9.47 Å². The maximum absolute atomic E-state index is 12.5. The fraction of sp³-hybridized carbons (Fsp3) is 0.280. The van der Waals surface area contributed by atoms with Crippen LogP contribution in [-0.4, -0.2) is 53.8 Å². The number of methoxy groups -OCH3 is 1. The Labute approximate surface area is 202 Å². The molecule has 1 amide bonds. The molecule has 0 radical (unpaired) electrons. The van der Waals surface area contributed by atoms with Crippen molar-refractivity contribution in [1.29, 1.82) is 0 Å². The number of esters is 1. The molecule has 10 heteroatoms. The van der Waals surface area contributed by atoms with Crippen LogP contribution >= 0.6 is 0 Å². The van der Waals surface area contributed by atoms with Crippen LogP contribution in [0.3, 0.4) is 0 Å². The van der Waals surface area contributed by atoms with Gasteiger partial charge >= 0.3 is 5.97 Å². The minimum absolute atomic E-state index is 0.0899. The Balaban J connectivity index is 1.62. The first-order valence-electron chi connectivity index (χ1n) is 11.3. The molecule has 0 unspecified atom stereocenters. The Morgan fingerprint density at radius 3 is 2.74 bits per heavy atom. The Morgan fingerprint density at radius 2 is 2.03 bits per heavy atom. The van der Waals surface area contributed by atoms with Gasteiger partial charge in [-0.15, -0.1) is 0 Å². The highest BCUT2D eigenvalue weighted by atomic mass is 16.5. The quantitative estimate of drug-likeness (QED) is 0.343. The lowest BCUT2D eigenvalue weighted by molar-refractivity contribution is 0.0526. The number of aromatic nitrogens is 2. The van der Waals surface area contributed by atoms with Gasteiger partial charge in [0.25, 0.3) is 5.91 Å². The molecule has 4 rings (SSSR count). The summed E-state index contributed by atoms with van der Waals surface area (Å²) in [5.74, 6) is 0.481. The number of fused-ring (bicyclic) bond motifs is 1. The molecule has 10 nitrogen and oxygen atoms in total. The maximum Gasteiger partial charge on any atom is 0.343 e. The van der Waals surface area contributed by atoms with Crippen LogP contribution in [0, 0.1) is 0 Å². The van der Waals surface area contributed by atoms with E-state index in [-0.39, 0.29) is 36.5 Å². The SMILES string of the molecule is CCOC(=O)c1cnc(Nc2ccc3c(c2)CCNC3=O)nc1N[C@H](CO)c1ccc(OC)cc1. The van der Waals surface area contributed by atoms with Crippen molar-refractivity contribution in [3.8, 4) is 5.75 Å². The second-order valence-corrected chi connectivity index (χ2v) is 7.83. The van der Waals surface area contributed by atoms with Crippen LogP contribution in [0.4, 0.5) is 17.5 Å². The third kappa shape index (κ3) is 5.49. The Hall–Kier alpha value is -4.18. The molecule has 1 aromatic heterocycles. The van der Waals surface area contributed by atoms with Gasteiger partial charge in [0.1, 0.15) is 17.1 Å². The highest BCUT2D eigenvalue weighted by Gasteiger charge is 2.21. The summed E-state index contributed by atoms with van der Waals surface area (Å²) in [5, 5.41) is 19.1. The van der Waals surface area contributed by atoms with E-state index < -0.39 is 12.0 Å². The van der Waals surface area contributed by atoms with E-state index in [0.29, 0.717) is 23.5 Å². The number of hydrogen-bond acceptors (Lipinski definition) is 9. The largest absolute Gasteiger partial charge is 0.497 e. The van der Waals surface area contributed by atoms with Gasteiger partial charge in [-0.3, -0.25) is 4.79 Å². The minimum Gasteiger partial charge on any atom is -0.497 e. The van der Waals surface area contributed by atoms with E-state index in [1.165, 1.54) is 6.20 Å². The zero-order valence-electron chi connectivity index (χ0n) is 19.5. The van der Waals surface area contributed by atoms with Gasteiger partial charge in [-0.05, 0) is 54.8 Å². The Morgan fingerprint density at radius 1 is 1.23 bits per heavy atom. The molecule has 1 atom stereocenters. The summed E-state index contributed by atoms with van der Waals surface area (Å²) in [6.45, 7) is 2.26. The second-order valence-electron chi connectivity index (χ2n) is 7.83. The zero-order chi connectivity index (χ0) is 24.8. The molecule has 0 aliphatic carbocycles. The number of amides is 1. The fourth-order valence-corrected chi connectivity index (χ4v) is 3.78. The second kappa shape index (κ2) is 10.8. The number of hydrogen-bond donors (Lipinski definition) is 4. The number of benzene rings is 2. The number of aliphatic hydroxyl groups excluding tert-OH is 1. The van der Waals surface area contributed by atoms with Crippen LogP contribution < -0.4 is 20.7 Å². The van der Waals surface area contributed by atoms with Gasteiger partial charge in [0.2, 0.25) is 5.95 Å². The fourth-order valence-electron chi connectivity index (χ4n) is 3.78. The summed E-state index contributed by atoms with van der Waals surface area (Å²) >= 11 is 0. The van der Waals surface area contributed by atoms with Gasteiger partial charge in [0, 0.05) is 24.0 Å². The molecule has 0 fully saturated rings. The lowest BCUT2D eigenvalue weighted by atomic mass is 10.00. The molecule has 0 saturated heterocycles. The van der Waals surface area contributed by atoms with Crippen molar-refractivity contribution in [2.75, 3.05) is 37.5 Å². The summed E-state index contributed by atoms with van der Waals surface area (Å²) in [7, 11) is 1.58. The maximum atomic E-state index is 12.5. The molecule has 35 heavy (non-hydrogen) atoms. The summed E-state index contributed by atoms with van der Waals surface area (Å²) < 4.78 is 10.4. The number of carbonyl (C=O) groups excluding carboxylic acids is 2. The average Bonchev–Trinajstić information content (AvgIpc) is 2.87. The normalized spacial score (nSPS) is 13.3. The summed E-state index contributed by atoms with van der Waals surface area (Å²) in [6.07, 6.45) is 2.11. The summed E-state index contributed by atoms with van der Waals surface area (Å²) in [5.41, 5.74) is 3.21. The molecular formula is C25H27N5O5. The van der Waals surface area contributed by atoms with Gasteiger partial charge in [-0.1, -0.05) is 12.1 Å². The van der Waals surface area contributed by atoms with Crippen LogP contribution in [0.1, 0.15) is 44.8 Å².